The molecule has 2 aromatic rings. The summed E-state index contributed by atoms with van der Waals surface area (Å²) in [4.78, 5) is 12.1. The molecule has 0 fully saturated rings. The fraction of sp³-hybridized carbons (Fsp3) is 0.133. The lowest BCUT2D eigenvalue weighted by Crippen LogP contribution is -2.31. The van der Waals surface area contributed by atoms with Crippen LogP contribution in [0.25, 0.3) is 0 Å². The van der Waals surface area contributed by atoms with Gasteiger partial charge in [-0.3, -0.25) is 4.79 Å². The van der Waals surface area contributed by atoms with Crippen LogP contribution in [-0.4, -0.2) is 12.0 Å². The Morgan fingerprint density at radius 1 is 1.24 bits per heavy atom. The lowest BCUT2D eigenvalue weighted by atomic mass is 10.1. The number of ether oxygens (including phenoxy) is 1. The van der Waals surface area contributed by atoms with E-state index >= 15 is 0 Å². The molecule has 0 saturated carbocycles. The predicted octanol–water partition coefficient (Wildman–Crippen LogP) is 3.56. The van der Waals surface area contributed by atoms with Gasteiger partial charge in [-0.05, 0) is 35.9 Å². The summed E-state index contributed by atoms with van der Waals surface area (Å²) in [6.45, 7) is 0. The minimum atomic E-state index is -0.832. The zero-order chi connectivity index (χ0) is 15.0. The van der Waals surface area contributed by atoms with Crippen LogP contribution in [0.2, 0.25) is 5.02 Å². The van der Waals surface area contributed by atoms with Gasteiger partial charge in [0.25, 0.3) is 5.91 Å². The molecular formula is C15H10ClF2NO2. The summed E-state index contributed by atoms with van der Waals surface area (Å²) in [7, 11) is 0. The molecule has 1 aliphatic rings. The van der Waals surface area contributed by atoms with E-state index in [9.17, 15) is 13.6 Å². The van der Waals surface area contributed by atoms with Crippen molar-refractivity contribution in [2.24, 2.45) is 0 Å². The largest absolute Gasteiger partial charge is 0.480 e. The van der Waals surface area contributed by atoms with Crippen LogP contribution in [0.1, 0.15) is 5.56 Å². The van der Waals surface area contributed by atoms with E-state index < -0.39 is 23.6 Å². The van der Waals surface area contributed by atoms with Crippen LogP contribution in [0.15, 0.2) is 36.4 Å². The van der Waals surface area contributed by atoms with Gasteiger partial charge in [0.2, 0.25) is 0 Å². The van der Waals surface area contributed by atoms with Gasteiger partial charge in [0.15, 0.2) is 6.10 Å². The molecule has 1 N–H and O–H groups in total. The highest BCUT2D eigenvalue weighted by molar-refractivity contribution is 6.30. The molecule has 21 heavy (non-hydrogen) atoms. The highest BCUT2D eigenvalue weighted by Crippen LogP contribution is 2.31. The highest BCUT2D eigenvalue weighted by Gasteiger charge is 2.29. The summed E-state index contributed by atoms with van der Waals surface area (Å²) in [6, 6.07) is 8.02. The van der Waals surface area contributed by atoms with Crippen molar-refractivity contribution in [1.82, 2.24) is 0 Å². The molecule has 108 valence electrons. The molecule has 1 heterocycles. The number of carbonyl (C=O) groups excluding carboxylic acids is 1. The van der Waals surface area contributed by atoms with Crippen LogP contribution in [0.5, 0.6) is 5.75 Å². The van der Waals surface area contributed by atoms with Gasteiger partial charge < -0.3 is 10.1 Å². The average Bonchev–Trinajstić information content (AvgIpc) is 2.85. The SMILES string of the molecule is O=C(Nc1ccc(F)cc1F)C1Cc2cc(Cl)ccc2O1. The third-order valence-corrected chi connectivity index (χ3v) is 3.41. The number of amides is 1. The standard InChI is InChI=1S/C15H10ClF2NO2/c16-9-1-4-13-8(5-9)6-14(21-13)15(20)19-12-3-2-10(17)7-11(12)18/h1-5,7,14H,6H2,(H,19,20). The Morgan fingerprint density at radius 3 is 2.81 bits per heavy atom. The van der Waals surface area contributed by atoms with Crippen molar-refractivity contribution in [2.75, 3.05) is 5.32 Å². The lowest BCUT2D eigenvalue weighted by molar-refractivity contribution is -0.122. The van der Waals surface area contributed by atoms with Crippen molar-refractivity contribution in [3.8, 4) is 5.75 Å². The first-order valence-electron chi connectivity index (χ1n) is 6.24. The quantitative estimate of drug-likeness (QED) is 0.921. The zero-order valence-electron chi connectivity index (χ0n) is 10.7. The molecule has 0 radical (unpaired) electrons. The number of hydrogen-bond acceptors (Lipinski definition) is 2. The molecule has 6 heteroatoms. The Labute approximate surface area is 124 Å². The molecule has 1 unspecified atom stereocenters. The Hall–Kier alpha value is -2.14. The van der Waals surface area contributed by atoms with Gasteiger partial charge in [-0.2, -0.15) is 0 Å². The molecule has 0 aromatic heterocycles. The minimum Gasteiger partial charge on any atom is -0.480 e. The minimum absolute atomic E-state index is 0.0843. The number of anilines is 1. The maximum Gasteiger partial charge on any atom is 0.265 e. The smallest absolute Gasteiger partial charge is 0.265 e. The van der Waals surface area contributed by atoms with Gasteiger partial charge in [0, 0.05) is 17.5 Å². The molecule has 0 spiro atoms. The van der Waals surface area contributed by atoms with E-state index in [1.807, 2.05) is 0 Å². The molecule has 0 saturated heterocycles. The van der Waals surface area contributed by atoms with E-state index in [0.717, 1.165) is 11.6 Å². The maximum atomic E-state index is 13.5. The Morgan fingerprint density at radius 2 is 2.05 bits per heavy atom. The molecule has 0 bridgehead atoms. The number of carbonyl (C=O) groups is 1. The van der Waals surface area contributed by atoms with Crippen molar-refractivity contribution in [2.45, 2.75) is 12.5 Å². The normalized spacial score (nSPS) is 16.2. The molecule has 1 aliphatic heterocycles. The van der Waals surface area contributed by atoms with Crippen LogP contribution < -0.4 is 10.1 Å². The number of hydrogen-bond donors (Lipinski definition) is 1. The van der Waals surface area contributed by atoms with Crippen LogP contribution in [0, 0.1) is 11.6 Å². The van der Waals surface area contributed by atoms with Crippen molar-refractivity contribution >= 4 is 23.2 Å². The van der Waals surface area contributed by atoms with E-state index in [2.05, 4.69) is 5.32 Å². The Balaban J connectivity index is 1.73. The van der Waals surface area contributed by atoms with E-state index in [1.165, 1.54) is 6.07 Å². The van der Waals surface area contributed by atoms with E-state index in [1.54, 1.807) is 18.2 Å². The number of benzene rings is 2. The predicted molar refractivity (Wildman–Crippen MR) is 74.6 cm³/mol. The molecular weight excluding hydrogens is 300 g/mol. The highest BCUT2D eigenvalue weighted by atomic mass is 35.5. The molecule has 3 nitrogen and oxygen atoms in total. The summed E-state index contributed by atoms with van der Waals surface area (Å²) < 4.78 is 31.8. The second kappa shape index (κ2) is 5.33. The van der Waals surface area contributed by atoms with Crippen molar-refractivity contribution in [3.63, 3.8) is 0 Å². The van der Waals surface area contributed by atoms with Crippen molar-refractivity contribution in [1.29, 1.82) is 0 Å². The zero-order valence-corrected chi connectivity index (χ0v) is 11.5. The summed E-state index contributed by atoms with van der Waals surface area (Å²) >= 11 is 5.87. The molecule has 1 atom stereocenters. The first-order chi connectivity index (χ1) is 10.0. The van der Waals surface area contributed by atoms with E-state index in [-0.39, 0.29) is 5.69 Å². The molecule has 0 aliphatic carbocycles. The van der Waals surface area contributed by atoms with Crippen LogP contribution in [0.4, 0.5) is 14.5 Å². The fourth-order valence-corrected chi connectivity index (χ4v) is 2.36. The summed E-state index contributed by atoms with van der Waals surface area (Å²) in [5, 5.41) is 2.95. The number of fused-ring (bicyclic) bond motifs is 1. The van der Waals surface area contributed by atoms with E-state index in [4.69, 9.17) is 16.3 Å². The third-order valence-electron chi connectivity index (χ3n) is 3.18. The van der Waals surface area contributed by atoms with Crippen molar-refractivity contribution in [3.05, 3.63) is 58.6 Å². The molecule has 1 amide bonds. The second-order valence-electron chi connectivity index (χ2n) is 4.68. The Kier molecular flexibility index (Phi) is 3.51. The van der Waals surface area contributed by atoms with Gasteiger partial charge in [-0.1, -0.05) is 11.6 Å². The monoisotopic (exact) mass is 309 g/mol. The van der Waals surface area contributed by atoms with Crippen molar-refractivity contribution < 1.29 is 18.3 Å². The van der Waals surface area contributed by atoms with Crippen LogP contribution in [-0.2, 0) is 11.2 Å². The van der Waals surface area contributed by atoms with Gasteiger partial charge >= 0.3 is 0 Å². The van der Waals surface area contributed by atoms with E-state index in [0.29, 0.717) is 23.3 Å². The van der Waals surface area contributed by atoms with Gasteiger partial charge in [-0.15, -0.1) is 0 Å². The number of halogens is 3. The summed E-state index contributed by atoms with van der Waals surface area (Å²) in [5.74, 6) is -1.45. The maximum absolute atomic E-state index is 13.5. The third kappa shape index (κ3) is 2.83. The van der Waals surface area contributed by atoms with Crippen LogP contribution in [0.3, 0.4) is 0 Å². The number of nitrogens with one attached hydrogen (secondary N) is 1. The Bertz CT molecular complexity index is 721. The number of rotatable bonds is 2. The first kappa shape index (κ1) is 13.8. The fourth-order valence-electron chi connectivity index (χ4n) is 2.17. The first-order valence-corrected chi connectivity index (χ1v) is 6.62. The summed E-state index contributed by atoms with van der Waals surface area (Å²) in [6.07, 6.45) is -0.409. The van der Waals surface area contributed by atoms with Gasteiger partial charge in [0.05, 0.1) is 5.69 Å². The topological polar surface area (TPSA) is 38.3 Å². The lowest BCUT2D eigenvalue weighted by Gasteiger charge is -2.11. The molecule has 3 rings (SSSR count). The summed E-state index contributed by atoms with van der Waals surface area (Å²) in [5.41, 5.74) is 0.737. The molecule has 2 aromatic carbocycles. The average molecular weight is 310 g/mol. The van der Waals surface area contributed by atoms with Gasteiger partial charge in [-0.25, -0.2) is 8.78 Å². The van der Waals surface area contributed by atoms with Gasteiger partial charge in [0.1, 0.15) is 17.4 Å². The second-order valence-corrected chi connectivity index (χ2v) is 5.11. The van der Waals surface area contributed by atoms with Crippen LogP contribution >= 0.6 is 11.6 Å².